The van der Waals surface area contributed by atoms with Crippen LogP contribution in [0.25, 0.3) is 38.8 Å². The fraction of sp³-hybridized carbons (Fsp3) is 0.171. The molecule has 0 amide bonds. The molecule has 2 heterocycles. The third-order valence-corrected chi connectivity index (χ3v) is 7.17. The van der Waals surface area contributed by atoms with Gasteiger partial charge in [0.15, 0.2) is 0 Å². The van der Waals surface area contributed by atoms with Crippen LogP contribution in [0.2, 0.25) is 0 Å². The summed E-state index contributed by atoms with van der Waals surface area (Å²) in [6.45, 7) is 8.82. The monoisotopic (exact) mass is 510 g/mol. The molecule has 0 radical (unpaired) electrons. The van der Waals surface area contributed by atoms with Crippen LogP contribution in [0.4, 0.5) is 17.1 Å². The zero-order valence-corrected chi connectivity index (χ0v) is 22.9. The van der Waals surface area contributed by atoms with Crippen LogP contribution in [0.1, 0.15) is 39.2 Å². The van der Waals surface area contributed by atoms with Crippen LogP contribution in [0.15, 0.2) is 109 Å². The number of anilines is 3. The van der Waals surface area contributed by atoms with Gasteiger partial charge in [-0.25, -0.2) is 0 Å². The second-order valence-electron chi connectivity index (χ2n) is 10.7. The molecule has 4 aromatic carbocycles. The Morgan fingerprint density at radius 1 is 0.667 bits per heavy atom. The fourth-order valence-electron chi connectivity index (χ4n) is 5.28. The van der Waals surface area contributed by atoms with E-state index in [0.717, 1.165) is 39.5 Å². The van der Waals surface area contributed by atoms with Crippen molar-refractivity contribution in [1.82, 2.24) is 9.55 Å². The first-order valence-corrected chi connectivity index (χ1v) is 13.7. The molecule has 194 valence electrons. The summed E-state index contributed by atoms with van der Waals surface area (Å²) in [6, 6.07) is 37.0. The number of benzene rings is 4. The van der Waals surface area contributed by atoms with Gasteiger partial charge in [-0.1, -0.05) is 62.4 Å². The molecule has 0 bridgehead atoms. The molecule has 0 fully saturated rings. The molecule has 4 nitrogen and oxygen atoms in total. The van der Waals surface area contributed by atoms with Crippen molar-refractivity contribution in [1.29, 1.82) is 0 Å². The topological polar surface area (TPSA) is 41.9 Å². The molecule has 4 heteroatoms. The van der Waals surface area contributed by atoms with E-state index in [0.29, 0.717) is 12.0 Å². The van der Waals surface area contributed by atoms with Gasteiger partial charge in [0.2, 0.25) is 0 Å². The maximum absolute atomic E-state index is 4.58. The zero-order valence-electron chi connectivity index (χ0n) is 22.9. The lowest BCUT2D eigenvalue weighted by Crippen LogP contribution is -2.11. The van der Waals surface area contributed by atoms with Crippen molar-refractivity contribution in [2.75, 3.05) is 10.6 Å². The molecule has 6 rings (SSSR count). The molecule has 0 aliphatic rings. The summed E-state index contributed by atoms with van der Waals surface area (Å²) in [5.74, 6) is 0.473. The Morgan fingerprint density at radius 2 is 1.49 bits per heavy atom. The van der Waals surface area contributed by atoms with Gasteiger partial charge >= 0.3 is 0 Å². The van der Waals surface area contributed by atoms with Gasteiger partial charge in [0.25, 0.3) is 0 Å². The number of hydrogen-bond acceptors (Lipinski definition) is 3. The van der Waals surface area contributed by atoms with E-state index >= 15 is 0 Å². The molecule has 0 atom stereocenters. The minimum Gasteiger partial charge on any atom is -0.381 e. The third-order valence-electron chi connectivity index (χ3n) is 7.17. The maximum atomic E-state index is 4.58. The first-order valence-electron chi connectivity index (χ1n) is 13.7. The van der Waals surface area contributed by atoms with Crippen molar-refractivity contribution in [3.63, 3.8) is 0 Å². The highest BCUT2D eigenvalue weighted by molar-refractivity contribution is 6.10. The SMILES string of the molecule is CC(C)Nc1cc(C(C)C)ccc1Nc1ccc2c3ccccc3n(-c3cccc(-c4ccccn4)c3)c2c1. The van der Waals surface area contributed by atoms with E-state index in [2.05, 4.69) is 139 Å². The quantitative estimate of drug-likeness (QED) is 0.225. The number of pyridine rings is 1. The normalized spacial score (nSPS) is 11.5. The van der Waals surface area contributed by atoms with Crippen LogP contribution in [0, 0.1) is 0 Å². The Balaban J connectivity index is 1.48. The molecule has 0 aliphatic heterocycles. The number of rotatable bonds is 7. The molecule has 0 saturated heterocycles. The van der Waals surface area contributed by atoms with E-state index in [1.54, 1.807) is 0 Å². The van der Waals surface area contributed by atoms with E-state index in [1.165, 1.54) is 21.9 Å². The highest BCUT2D eigenvalue weighted by Crippen LogP contribution is 2.36. The Morgan fingerprint density at radius 3 is 2.28 bits per heavy atom. The van der Waals surface area contributed by atoms with E-state index in [9.17, 15) is 0 Å². The molecular formula is C35H34N4. The lowest BCUT2D eigenvalue weighted by molar-refractivity contribution is 0.862. The predicted molar refractivity (Wildman–Crippen MR) is 167 cm³/mol. The second kappa shape index (κ2) is 10.3. The smallest absolute Gasteiger partial charge is 0.0702 e. The summed E-state index contributed by atoms with van der Waals surface area (Å²) >= 11 is 0. The molecule has 0 spiro atoms. The molecule has 39 heavy (non-hydrogen) atoms. The van der Waals surface area contributed by atoms with Crippen molar-refractivity contribution in [2.45, 2.75) is 39.7 Å². The number of aromatic nitrogens is 2. The summed E-state index contributed by atoms with van der Waals surface area (Å²) in [5.41, 5.74) is 10.1. The minimum absolute atomic E-state index is 0.337. The summed E-state index contributed by atoms with van der Waals surface area (Å²) < 4.78 is 2.36. The summed E-state index contributed by atoms with van der Waals surface area (Å²) in [6.07, 6.45) is 1.84. The van der Waals surface area contributed by atoms with Gasteiger partial charge in [-0.05, 0) is 79.9 Å². The van der Waals surface area contributed by atoms with Gasteiger partial charge in [0.1, 0.15) is 0 Å². The van der Waals surface area contributed by atoms with Gasteiger partial charge in [-0.15, -0.1) is 0 Å². The van der Waals surface area contributed by atoms with Crippen LogP contribution in [-0.2, 0) is 0 Å². The van der Waals surface area contributed by atoms with Gasteiger partial charge < -0.3 is 15.2 Å². The average molecular weight is 511 g/mol. The van der Waals surface area contributed by atoms with Crippen molar-refractivity contribution >= 4 is 38.9 Å². The number of nitrogens with zero attached hydrogens (tertiary/aromatic N) is 2. The average Bonchev–Trinajstić information content (AvgIpc) is 3.28. The highest BCUT2D eigenvalue weighted by atomic mass is 15.0. The Bertz CT molecular complexity index is 1760. The van der Waals surface area contributed by atoms with Crippen LogP contribution in [-0.4, -0.2) is 15.6 Å². The molecule has 2 N–H and O–H groups in total. The largest absolute Gasteiger partial charge is 0.381 e. The van der Waals surface area contributed by atoms with E-state index in [1.807, 2.05) is 18.3 Å². The van der Waals surface area contributed by atoms with Gasteiger partial charge in [-0.3, -0.25) is 4.98 Å². The van der Waals surface area contributed by atoms with Gasteiger partial charge in [-0.2, -0.15) is 0 Å². The Hall–Kier alpha value is -4.57. The summed E-state index contributed by atoms with van der Waals surface area (Å²) in [7, 11) is 0. The fourth-order valence-corrected chi connectivity index (χ4v) is 5.28. The van der Waals surface area contributed by atoms with E-state index < -0.39 is 0 Å². The summed E-state index contributed by atoms with van der Waals surface area (Å²) in [4.78, 5) is 4.58. The van der Waals surface area contributed by atoms with Crippen LogP contribution in [0.5, 0.6) is 0 Å². The molecule has 2 aromatic heterocycles. The summed E-state index contributed by atoms with van der Waals surface area (Å²) in [5, 5.41) is 9.82. The Kier molecular flexibility index (Phi) is 6.54. The molecule has 6 aromatic rings. The van der Waals surface area contributed by atoms with Crippen molar-refractivity contribution in [2.24, 2.45) is 0 Å². The first-order chi connectivity index (χ1) is 19.0. The van der Waals surface area contributed by atoms with Crippen molar-refractivity contribution in [3.8, 4) is 16.9 Å². The molecular weight excluding hydrogens is 476 g/mol. The minimum atomic E-state index is 0.337. The van der Waals surface area contributed by atoms with Crippen LogP contribution < -0.4 is 10.6 Å². The number of para-hydroxylation sites is 1. The number of nitrogens with one attached hydrogen (secondary N) is 2. The van der Waals surface area contributed by atoms with Gasteiger partial charge in [0, 0.05) is 39.9 Å². The Labute approximate surface area is 230 Å². The standard InChI is InChI=1S/C35H34N4/c1-23(2)25-15-18-32(33(21-25)37-24(3)4)38-27-16-17-30-29-12-5-6-14-34(29)39(35(30)22-27)28-11-9-10-26(20-28)31-13-7-8-19-36-31/h5-24,37-38H,1-4H3. The van der Waals surface area contributed by atoms with Crippen molar-refractivity contribution in [3.05, 3.63) is 115 Å². The lowest BCUT2D eigenvalue weighted by Gasteiger charge is -2.19. The third kappa shape index (κ3) is 4.86. The highest BCUT2D eigenvalue weighted by Gasteiger charge is 2.14. The van der Waals surface area contributed by atoms with Crippen LogP contribution >= 0.6 is 0 Å². The molecule has 0 aliphatic carbocycles. The van der Waals surface area contributed by atoms with Gasteiger partial charge in [0.05, 0.1) is 28.1 Å². The molecule has 0 unspecified atom stereocenters. The van der Waals surface area contributed by atoms with E-state index in [4.69, 9.17) is 0 Å². The van der Waals surface area contributed by atoms with Crippen LogP contribution in [0.3, 0.4) is 0 Å². The lowest BCUT2D eigenvalue weighted by atomic mass is 10.0. The number of fused-ring (bicyclic) bond motifs is 3. The second-order valence-corrected chi connectivity index (χ2v) is 10.7. The first kappa shape index (κ1) is 24.7. The van der Waals surface area contributed by atoms with E-state index in [-0.39, 0.29) is 0 Å². The maximum Gasteiger partial charge on any atom is 0.0702 e. The number of hydrogen-bond donors (Lipinski definition) is 2. The molecule has 0 saturated carbocycles. The predicted octanol–water partition coefficient (Wildman–Crippen LogP) is 9.53. The van der Waals surface area contributed by atoms with Crippen molar-refractivity contribution < 1.29 is 0 Å². The zero-order chi connectivity index (χ0) is 26.9.